The Morgan fingerprint density at radius 2 is 2.18 bits per heavy atom. The van der Waals surface area contributed by atoms with E-state index in [0.717, 1.165) is 6.42 Å². The molecule has 11 heavy (non-hydrogen) atoms. The standard InChI is InChI=1S/C8H8O3/c9-7-5-2-1-3-6(4-5)8(10)11-7/h1-2,5-6H,3-4H2. The Balaban J connectivity index is 2.28. The molecule has 0 N–H and O–H groups in total. The van der Waals surface area contributed by atoms with Crippen molar-refractivity contribution in [2.75, 3.05) is 0 Å². The fourth-order valence-corrected chi connectivity index (χ4v) is 1.51. The lowest BCUT2D eigenvalue weighted by Gasteiger charge is -2.26. The summed E-state index contributed by atoms with van der Waals surface area (Å²) in [5.74, 6) is -0.966. The van der Waals surface area contributed by atoms with Gasteiger partial charge in [0.1, 0.15) is 0 Å². The molecule has 3 heteroatoms. The number of hydrogen-bond acceptors (Lipinski definition) is 3. The molecule has 1 aliphatic carbocycles. The minimum absolute atomic E-state index is 0.0669. The molecule has 1 fully saturated rings. The van der Waals surface area contributed by atoms with Gasteiger partial charge in [-0.25, -0.2) is 0 Å². The number of fused-ring (bicyclic) bond motifs is 2. The molecule has 3 nitrogen and oxygen atoms in total. The summed E-state index contributed by atoms with van der Waals surface area (Å²) < 4.78 is 4.52. The van der Waals surface area contributed by atoms with Gasteiger partial charge in [-0.3, -0.25) is 9.59 Å². The van der Waals surface area contributed by atoms with E-state index in [-0.39, 0.29) is 23.8 Å². The molecule has 2 aliphatic rings. The van der Waals surface area contributed by atoms with Crippen LogP contribution in [0.15, 0.2) is 12.2 Å². The van der Waals surface area contributed by atoms with E-state index in [0.29, 0.717) is 6.42 Å². The number of carbonyl (C=O) groups is 2. The number of hydrogen-bond donors (Lipinski definition) is 0. The van der Waals surface area contributed by atoms with Crippen molar-refractivity contribution in [2.24, 2.45) is 11.8 Å². The van der Waals surface area contributed by atoms with Crippen molar-refractivity contribution >= 4 is 11.9 Å². The monoisotopic (exact) mass is 152 g/mol. The second kappa shape index (κ2) is 2.19. The molecule has 1 aliphatic heterocycles. The fraction of sp³-hybridized carbons (Fsp3) is 0.500. The van der Waals surface area contributed by atoms with Gasteiger partial charge in [0, 0.05) is 0 Å². The first kappa shape index (κ1) is 6.58. The molecule has 0 radical (unpaired) electrons. The molecule has 2 bridgehead atoms. The first-order valence-electron chi connectivity index (χ1n) is 3.69. The zero-order valence-electron chi connectivity index (χ0n) is 5.95. The number of esters is 2. The van der Waals surface area contributed by atoms with Crippen LogP contribution >= 0.6 is 0 Å². The Bertz CT molecular complexity index is 242. The Morgan fingerprint density at radius 1 is 1.36 bits per heavy atom. The highest BCUT2D eigenvalue weighted by Gasteiger charge is 2.36. The third kappa shape index (κ3) is 0.964. The lowest BCUT2D eigenvalue weighted by molar-refractivity contribution is -0.170. The van der Waals surface area contributed by atoms with Crippen molar-refractivity contribution in [2.45, 2.75) is 12.8 Å². The molecule has 0 aromatic rings. The molecule has 0 aromatic heterocycles. The summed E-state index contributed by atoms with van der Waals surface area (Å²) in [6, 6.07) is 0. The zero-order valence-corrected chi connectivity index (χ0v) is 5.95. The predicted octanol–water partition coefficient (Wildman–Crippen LogP) is 0.652. The van der Waals surface area contributed by atoms with Gasteiger partial charge in [-0.05, 0) is 12.8 Å². The zero-order chi connectivity index (χ0) is 7.84. The summed E-state index contributed by atoms with van der Waals surface area (Å²) in [5.41, 5.74) is 0. The van der Waals surface area contributed by atoms with Crippen molar-refractivity contribution in [3.8, 4) is 0 Å². The molecule has 58 valence electrons. The number of ether oxygens (including phenoxy) is 1. The topological polar surface area (TPSA) is 43.4 Å². The Morgan fingerprint density at radius 3 is 3.00 bits per heavy atom. The molecule has 1 saturated heterocycles. The molecule has 1 heterocycles. The average molecular weight is 152 g/mol. The maximum atomic E-state index is 10.9. The normalized spacial score (nSPS) is 35.3. The van der Waals surface area contributed by atoms with Gasteiger partial charge in [-0.15, -0.1) is 0 Å². The number of carbonyl (C=O) groups excluding carboxylic acids is 2. The molecular weight excluding hydrogens is 144 g/mol. The Labute approximate surface area is 64.0 Å². The Kier molecular flexibility index (Phi) is 1.31. The lowest BCUT2D eigenvalue weighted by atomic mass is 9.85. The van der Waals surface area contributed by atoms with Gasteiger partial charge >= 0.3 is 11.9 Å². The molecular formula is C8H8O3. The lowest BCUT2D eigenvalue weighted by Crippen LogP contribution is -2.35. The largest absolute Gasteiger partial charge is 0.392 e. The maximum Gasteiger partial charge on any atom is 0.320 e. The second-order valence-electron chi connectivity index (χ2n) is 2.94. The van der Waals surface area contributed by atoms with E-state index >= 15 is 0 Å². The molecule has 0 amide bonds. The van der Waals surface area contributed by atoms with Gasteiger partial charge in [0.15, 0.2) is 0 Å². The van der Waals surface area contributed by atoms with Crippen LogP contribution in [0.3, 0.4) is 0 Å². The third-order valence-corrected chi connectivity index (χ3v) is 2.16. The summed E-state index contributed by atoms with van der Waals surface area (Å²) >= 11 is 0. The van der Waals surface area contributed by atoms with Crippen molar-refractivity contribution in [1.82, 2.24) is 0 Å². The van der Waals surface area contributed by atoms with E-state index < -0.39 is 0 Å². The second-order valence-corrected chi connectivity index (χ2v) is 2.94. The van der Waals surface area contributed by atoms with E-state index in [9.17, 15) is 9.59 Å². The summed E-state index contributed by atoms with van der Waals surface area (Å²) in [6.07, 6.45) is 5.08. The van der Waals surface area contributed by atoms with Gasteiger partial charge in [0.2, 0.25) is 0 Å². The maximum absolute atomic E-state index is 10.9. The SMILES string of the molecule is O=C1OC(=O)C2CC=CC1C2. The average Bonchev–Trinajstić information content (AvgIpc) is 2.02. The van der Waals surface area contributed by atoms with Crippen molar-refractivity contribution in [3.63, 3.8) is 0 Å². The van der Waals surface area contributed by atoms with Crippen LogP contribution in [0.1, 0.15) is 12.8 Å². The minimum atomic E-state index is -0.387. The first-order valence-corrected chi connectivity index (χ1v) is 3.69. The fourth-order valence-electron chi connectivity index (χ4n) is 1.51. The van der Waals surface area contributed by atoms with Crippen LogP contribution in [0.5, 0.6) is 0 Å². The van der Waals surface area contributed by atoms with Gasteiger partial charge in [-0.1, -0.05) is 12.2 Å². The van der Waals surface area contributed by atoms with Gasteiger partial charge < -0.3 is 4.74 Å². The molecule has 2 atom stereocenters. The van der Waals surface area contributed by atoms with Crippen LogP contribution in [0, 0.1) is 11.8 Å². The van der Waals surface area contributed by atoms with Crippen LogP contribution in [0.4, 0.5) is 0 Å². The number of rotatable bonds is 0. The summed E-state index contributed by atoms with van der Waals surface area (Å²) in [4.78, 5) is 21.9. The van der Waals surface area contributed by atoms with E-state index in [2.05, 4.69) is 4.74 Å². The predicted molar refractivity (Wildman–Crippen MR) is 36.5 cm³/mol. The van der Waals surface area contributed by atoms with E-state index in [1.165, 1.54) is 0 Å². The van der Waals surface area contributed by atoms with Crippen LogP contribution in [0.2, 0.25) is 0 Å². The summed E-state index contributed by atoms with van der Waals surface area (Å²) in [7, 11) is 0. The highest BCUT2D eigenvalue weighted by Crippen LogP contribution is 2.29. The third-order valence-electron chi connectivity index (χ3n) is 2.16. The summed E-state index contributed by atoms with van der Waals surface area (Å²) in [6.45, 7) is 0. The van der Waals surface area contributed by atoms with Crippen LogP contribution < -0.4 is 0 Å². The number of allylic oxidation sites excluding steroid dienone is 1. The van der Waals surface area contributed by atoms with E-state index in [1.54, 1.807) is 0 Å². The minimum Gasteiger partial charge on any atom is -0.392 e. The highest BCUT2D eigenvalue weighted by molar-refractivity contribution is 5.92. The van der Waals surface area contributed by atoms with Crippen LogP contribution in [-0.4, -0.2) is 11.9 Å². The molecule has 0 spiro atoms. The highest BCUT2D eigenvalue weighted by atomic mass is 16.6. The van der Waals surface area contributed by atoms with Gasteiger partial charge in [0.05, 0.1) is 11.8 Å². The summed E-state index contributed by atoms with van der Waals surface area (Å²) in [5, 5.41) is 0. The van der Waals surface area contributed by atoms with Gasteiger partial charge in [-0.2, -0.15) is 0 Å². The molecule has 0 saturated carbocycles. The van der Waals surface area contributed by atoms with Crippen LogP contribution in [0.25, 0.3) is 0 Å². The van der Waals surface area contributed by atoms with Crippen molar-refractivity contribution in [1.29, 1.82) is 0 Å². The molecule has 2 rings (SSSR count). The first-order chi connectivity index (χ1) is 5.27. The van der Waals surface area contributed by atoms with Crippen molar-refractivity contribution in [3.05, 3.63) is 12.2 Å². The van der Waals surface area contributed by atoms with E-state index in [4.69, 9.17) is 0 Å². The van der Waals surface area contributed by atoms with Gasteiger partial charge in [0.25, 0.3) is 0 Å². The quantitative estimate of drug-likeness (QED) is 0.291. The number of cyclic esters (lactones) is 2. The Hall–Kier alpha value is -1.12. The van der Waals surface area contributed by atoms with Crippen LogP contribution in [-0.2, 0) is 14.3 Å². The molecule has 0 aromatic carbocycles. The van der Waals surface area contributed by atoms with E-state index in [1.807, 2.05) is 12.2 Å². The molecule has 2 unspecified atom stereocenters. The van der Waals surface area contributed by atoms with Crippen molar-refractivity contribution < 1.29 is 14.3 Å². The smallest absolute Gasteiger partial charge is 0.320 e.